The third kappa shape index (κ3) is 6.75. The Kier molecular flexibility index (Phi) is 7.69. The zero-order chi connectivity index (χ0) is 30.2. The molecule has 0 bridgehead atoms. The van der Waals surface area contributed by atoms with Crippen molar-refractivity contribution in [2.45, 2.75) is 37.4 Å². The molecule has 4 aromatic rings. The number of halogens is 3. The zero-order valence-electron chi connectivity index (χ0n) is 22.0. The highest BCUT2D eigenvalue weighted by Crippen LogP contribution is 2.30. The van der Waals surface area contributed by atoms with Gasteiger partial charge >= 0.3 is 6.18 Å². The van der Waals surface area contributed by atoms with E-state index < -0.39 is 39.0 Å². The van der Waals surface area contributed by atoms with Crippen molar-refractivity contribution in [3.05, 3.63) is 83.9 Å². The maximum atomic E-state index is 13.5. The van der Waals surface area contributed by atoms with Crippen LogP contribution in [-0.2, 0) is 16.2 Å². The molecule has 41 heavy (non-hydrogen) atoms. The number of nitrogen functional groups attached to an aromatic ring is 1. The van der Waals surface area contributed by atoms with Gasteiger partial charge in [-0.05, 0) is 39.0 Å². The SMILES string of the molecule is CC(C)(C)NS(=O)(=O)c1ccccc1-c1cnc(NC(=O)c2cc(C(F)(F)F)nn2-c2cccc(C(=N)N)c2)nc1. The van der Waals surface area contributed by atoms with Crippen LogP contribution in [0.2, 0.25) is 0 Å². The van der Waals surface area contributed by atoms with E-state index in [4.69, 9.17) is 11.1 Å². The molecule has 0 aliphatic carbocycles. The van der Waals surface area contributed by atoms with E-state index >= 15 is 0 Å². The zero-order valence-corrected chi connectivity index (χ0v) is 22.8. The quantitative estimate of drug-likeness (QED) is 0.188. The van der Waals surface area contributed by atoms with Gasteiger partial charge in [-0.25, -0.2) is 27.8 Å². The molecule has 214 valence electrons. The number of aromatic nitrogens is 4. The summed E-state index contributed by atoms with van der Waals surface area (Å²) in [4.78, 5) is 21.2. The van der Waals surface area contributed by atoms with Crippen LogP contribution < -0.4 is 15.8 Å². The van der Waals surface area contributed by atoms with Crippen molar-refractivity contribution in [2.75, 3.05) is 5.32 Å². The maximum absolute atomic E-state index is 13.5. The predicted octanol–water partition coefficient (Wildman–Crippen LogP) is 3.96. The van der Waals surface area contributed by atoms with Gasteiger partial charge in [0.05, 0.1) is 10.6 Å². The molecular formula is C26H25F3N8O3S. The minimum Gasteiger partial charge on any atom is -0.384 e. The predicted molar refractivity (Wildman–Crippen MR) is 145 cm³/mol. The van der Waals surface area contributed by atoms with E-state index in [9.17, 15) is 26.4 Å². The van der Waals surface area contributed by atoms with Gasteiger partial charge in [0.1, 0.15) is 11.5 Å². The molecular weight excluding hydrogens is 561 g/mol. The summed E-state index contributed by atoms with van der Waals surface area (Å²) in [6, 6.07) is 12.5. The summed E-state index contributed by atoms with van der Waals surface area (Å²) >= 11 is 0. The number of sulfonamides is 1. The van der Waals surface area contributed by atoms with Gasteiger partial charge in [-0.1, -0.05) is 30.3 Å². The van der Waals surface area contributed by atoms with Gasteiger partial charge in [0, 0.05) is 40.7 Å². The first kappa shape index (κ1) is 29.4. The Balaban J connectivity index is 1.65. The first-order valence-corrected chi connectivity index (χ1v) is 13.4. The molecule has 11 nitrogen and oxygen atoms in total. The number of carbonyl (C=O) groups excluding carboxylic acids is 1. The van der Waals surface area contributed by atoms with E-state index in [2.05, 4.69) is 25.1 Å². The second-order valence-electron chi connectivity index (χ2n) is 9.89. The van der Waals surface area contributed by atoms with E-state index in [1.54, 1.807) is 39.0 Å². The number of anilines is 1. The Morgan fingerprint density at radius 3 is 2.27 bits per heavy atom. The number of rotatable bonds is 7. The Morgan fingerprint density at radius 2 is 1.66 bits per heavy atom. The lowest BCUT2D eigenvalue weighted by Crippen LogP contribution is -2.40. The fraction of sp³-hybridized carbons (Fsp3) is 0.192. The molecule has 0 fully saturated rings. The Morgan fingerprint density at radius 1 is 1.00 bits per heavy atom. The standard InChI is InChI=1S/C26H25F3N8O3S/c1-25(2,3)36-41(39,40)20-10-5-4-9-18(20)16-13-32-24(33-14-16)34-23(38)19-12-21(26(27,28)29)35-37(19)17-8-6-7-15(11-17)22(30)31/h4-14,36H,1-3H3,(H3,30,31)(H,32,33,34,38). The Hall–Kier alpha value is -4.63. The maximum Gasteiger partial charge on any atom is 0.435 e. The lowest BCUT2D eigenvalue weighted by molar-refractivity contribution is -0.141. The molecule has 0 aliphatic rings. The van der Waals surface area contributed by atoms with Gasteiger partial charge in [-0.15, -0.1) is 0 Å². The van der Waals surface area contributed by atoms with E-state index in [-0.39, 0.29) is 27.9 Å². The molecule has 15 heteroatoms. The second-order valence-corrected chi connectivity index (χ2v) is 11.5. The van der Waals surface area contributed by atoms with Crippen LogP contribution in [0, 0.1) is 5.41 Å². The summed E-state index contributed by atoms with van der Waals surface area (Å²) < 4.78 is 69.7. The molecule has 0 atom stereocenters. The lowest BCUT2D eigenvalue weighted by Gasteiger charge is -2.21. The van der Waals surface area contributed by atoms with Crippen molar-refractivity contribution >= 4 is 27.7 Å². The number of hydrogen-bond acceptors (Lipinski definition) is 7. The van der Waals surface area contributed by atoms with Crippen LogP contribution in [0.15, 0.2) is 71.9 Å². The molecule has 0 unspecified atom stereocenters. The largest absolute Gasteiger partial charge is 0.435 e. The molecule has 0 saturated heterocycles. The summed E-state index contributed by atoms with van der Waals surface area (Å²) in [5.74, 6) is -1.56. The van der Waals surface area contributed by atoms with Crippen molar-refractivity contribution in [1.82, 2.24) is 24.5 Å². The minimum absolute atomic E-state index is 0.00770. The summed E-state index contributed by atoms with van der Waals surface area (Å²) in [6.07, 6.45) is -2.28. The van der Waals surface area contributed by atoms with Gasteiger partial charge in [0.15, 0.2) is 5.69 Å². The average molecular weight is 587 g/mol. The first-order valence-electron chi connectivity index (χ1n) is 11.9. The highest BCUT2D eigenvalue weighted by Gasteiger charge is 2.36. The smallest absolute Gasteiger partial charge is 0.384 e. The highest BCUT2D eigenvalue weighted by atomic mass is 32.2. The fourth-order valence-corrected chi connectivity index (χ4v) is 5.43. The molecule has 0 spiro atoms. The van der Waals surface area contributed by atoms with Crippen molar-refractivity contribution in [3.8, 4) is 16.8 Å². The van der Waals surface area contributed by atoms with E-state index in [1.807, 2.05) is 0 Å². The summed E-state index contributed by atoms with van der Waals surface area (Å²) in [5.41, 5.74) is 3.88. The van der Waals surface area contributed by atoms with Gasteiger partial charge in [0.2, 0.25) is 16.0 Å². The third-order valence-corrected chi connectivity index (χ3v) is 7.26. The number of alkyl halides is 3. The monoisotopic (exact) mass is 586 g/mol. The summed E-state index contributed by atoms with van der Waals surface area (Å²) in [5, 5.41) is 13.5. The third-order valence-electron chi connectivity index (χ3n) is 5.44. The topological polar surface area (TPSA) is 169 Å². The van der Waals surface area contributed by atoms with Gasteiger partial charge in [-0.2, -0.15) is 18.3 Å². The van der Waals surface area contributed by atoms with E-state index in [0.29, 0.717) is 17.2 Å². The number of amides is 1. The van der Waals surface area contributed by atoms with Crippen molar-refractivity contribution in [1.29, 1.82) is 5.41 Å². The number of nitrogens with zero attached hydrogens (tertiary/aromatic N) is 4. The van der Waals surface area contributed by atoms with Crippen LogP contribution in [0.5, 0.6) is 0 Å². The Bertz CT molecular complexity index is 1730. The molecule has 0 aliphatic heterocycles. The van der Waals surface area contributed by atoms with Crippen LogP contribution in [0.3, 0.4) is 0 Å². The van der Waals surface area contributed by atoms with Gasteiger partial charge < -0.3 is 5.73 Å². The molecule has 4 rings (SSSR count). The normalized spacial score (nSPS) is 12.2. The van der Waals surface area contributed by atoms with Crippen LogP contribution >= 0.6 is 0 Å². The fourth-order valence-electron chi connectivity index (χ4n) is 3.78. The molecule has 2 aromatic carbocycles. The van der Waals surface area contributed by atoms with Crippen LogP contribution in [-0.4, -0.2) is 45.4 Å². The van der Waals surface area contributed by atoms with Crippen LogP contribution in [0.4, 0.5) is 19.1 Å². The van der Waals surface area contributed by atoms with Crippen molar-refractivity contribution in [3.63, 3.8) is 0 Å². The number of benzene rings is 2. The van der Waals surface area contributed by atoms with E-state index in [1.165, 1.54) is 42.7 Å². The van der Waals surface area contributed by atoms with Crippen LogP contribution in [0.25, 0.3) is 16.8 Å². The number of carbonyl (C=O) groups is 1. The van der Waals surface area contributed by atoms with Gasteiger partial charge in [0.25, 0.3) is 5.91 Å². The molecule has 5 N–H and O–H groups in total. The first-order chi connectivity index (χ1) is 19.0. The number of nitrogens with two attached hydrogens (primary N) is 1. The number of hydrogen-bond donors (Lipinski definition) is 4. The summed E-state index contributed by atoms with van der Waals surface area (Å²) in [7, 11) is -3.91. The minimum atomic E-state index is -4.84. The van der Waals surface area contributed by atoms with Crippen molar-refractivity contribution < 1.29 is 26.4 Å². The highest BCUT2D eigenvalue weighted by molar-refractivity contribution is 7.89. The average Bonchev–Trinajstić information content (AvgIpc) is 3.35. The Labute approximate surface area is 233 Å². The number of amidine groups is 1. The number of nitrogens with one attached hydrogen (secondary N) is 3. The summed E-state index contributed by atoms with van der Waals surface area (Å²) in [6.45, 7) is 5.12. The van der Waals surface area contributed by atoms with Crippen molar-refractivity contribution in [2.24, 2.45) is 5.73 Å². The molecule has 1 amide bonds. The lowest BCUT2D eigenvalue weighted by atomic mass is 10.1. The van der Waals surface area contributed by atoms with Gasteiger partial charge in [-0.3, -0.25) is 15.5 Å². The molecule has 0 radical (unpaired) electrons. The molecule has 0 saturated carbocycles. The molecule has 2 heterocycles. The second kappa shape index (κ2) is 10.7. The van der Waals surface area contributed by atoms with E-state index in [0.717, 1.165) is 4.68 Å². The van der Waals surface area contributed by atoms with Crippen LogP contribution in [0.1, 0.15) is 42.5 Å². The molecule has 2 aromatic heterocycles.